The number of benzene rings is 1. The Labute approximate surface area is 161 Å². The highest BCUT2D eigenvalue weighted by Gasteiger charge is 2.26. The van der Waals surface area contributed by atoms with Crippen LogP contribution < -0.4 is 5.73 Å². The Bertz CT molecular complexity index is 711. The average Bonchev–Trinajstić information content (AvgIpc) is 3.25. The molecule has 0 aliphatic carbocycles. The molecule has 0 amide bonds. The first-order valence-electron chi connectivity index (χ1n) is 8.59. The lowest BCUT2D eigenvalue weighted by Crippen LogP contribution is -2.13. The van der Waals surface area contributed by atoms with E-state index in [4.69, 9.17) is 9.93 Å². The van der Waals surface area contributed by atoms with Crippen molar-refractivity contribution in [2.45, 2.75) is 32.6 Å². The van der Waals surface area contributed by atoms with Gasteiger partial charge in [0.2, 0.25) is 11.7 Å². The van der Waals surface area contributed by atoms with Gasteiger partial charge in [-0.2, -0.15) is 4.98 Å². The summed E-state index contributed by atoms with van der Waals surface area (Å²) in [6.45, 7) is 6.39. The summed E-state index contributed by atoms with van der Waals surface area (Å²) < 4.78 is 5.47. The summed E-state index contributed by atoms with van der Waals surface area (Å²) in [5.41, 5.74) is 7.94. The zero-order chi connectivity index (χ0) is 18.2. The fraction of sp³-hybridized carbons (Fsp3) is 0.421. The van der Waals surface area contributed by atoms with Crippen molar-refractivity contribution in [3.8, 4) is 11.4 Å². The van der Waals surface area contributed by atoms with Gasteiger partial charge >= 0.3 is 0 Å². The van der Waals surface area contributed by atoms with Crippen LogP contribution in [-0.4, -0.2) is 41.5 Å². The van der Waals surface area contributed by atoms with Gasteiger partial charge in [-0.3, -0.25) is 5.41 Å². The summed E-state index contributed by atoms with van der Waals surface area (Å²) in [6, 6.07) is 8.38. The number of likely N-dealkylation sites (tertiary alicyclic amines) is 1. The second-order valence-electron chi connectivity index (χ2n) is 6.24. The SMILES string of the molecule is CC/C=C(\C)c1ccc(-c2noc(C3CCN(C)C3)n2)cc1.Cl.N=CN. The van der Waals surface area contributed by atoms with Crippen LogP contribution in [-0.2, 0) is 0 Å². The van der Waals surface area contributed by atoms with Gasteiger partial charge in [-0.1, -0.05) is 42.4 Å². The molecule has 2 heterocycles. The largest absolute Gasteiger partial charge is 0.390 e. The van der Waals surface area contributed by atoms with Crippen LogP contribution in [0.1, 0.15) is 44.1 Å². The lowest BCUT2D eigenvalue weighted by molar-refractivity contribution is 0.345. The number of rotatable bonds is 4. The van der Waals surface area contributed by atoms with Gasteiger partial charge in [-0.05, 0) is 44.5 Å². The molecule has 0 saturated carbocycles. The Morgan fingerprint density at radius 2 is 2.04 bits per heavy atom. The molecule has 3 N–H and O–H groups in total. The second kappa shape index (κ2) is 10.7. The molecule has 1 unspecified atom stereocenters. The number of nitrogens with one attached hydrogen (secondary N) is 1. The van der Waals surface area contributed by atoms with Gasteiger partial charge in [0.1, 0.15) is 0 Å². The summed E-state index contributed by atoms with van der Waals surface area (Å²) in [5.74, 6) is 1.83. The Morgan fingerprint density at radius 1 is 1.38 bits per heavy atom. The molecule has 1 atom stereocenters. The molecule has 1 aliphatic rings. The fourth-order valence-electron chi connectivity index (χ4n) is 2.96. The van der Waals surface area contributed by atoms with Gasteiger partial charge in [-0.25, -0.2) is 0 Å². The van der Waals surface area contributed by atoms with Gasteiger partial charge in [0.15, 0.2) is 0 Å². The zero-order valence-corrected chi connectivity index (χ0v) is 16.4. The fourth-order valence-corrected chi connectivity index (χ4v) is 2.96. The van der Waals surface area contributed by atoms with Crippen LogP contribution in [0.5, 0.6) is 0 Å². The van der Waals surface area contributed by atoms with E-state index in [0.717, 1.165) is 43.7 Å². The van der Waals surface area contributed by atoms with E-state index in [0.29, 0.717) is 11.7 Å². The molecule has 142 valence electrons. The molecule has 26 heavy (non-hydrogen) atoms. The predicted octanol–water partition coefficient (Wildman–Crippen LogP) is 3.94. The van der Waals surface area contributed by atoms with Crippen LogP contribution >= 0.6 is 12.4 Å². The molecule has 1 aromatic heterocycles. The molecule has 0 radical (unpaired) electrons. The molecule has 1 aromatic carbocycles. The first-order valence-corrected chi connectivity index (χ1v) is 8.59. The summed E-state index contributed by atoms with van der Waals surface area (Å²) >= 11 is 0. The van der Waals surface area contributed by atoms with Crippen LogP contribution in [0, 0.1) is 5.41 Å². The van der Waals surface area contributed by atoms with Gasteiger partial charge < -0.3 is 15.2 Å². The Morgan fingerprint density at radius 3 is 2.58 bits per heavy atom. The topological polar surface area (TPSA) is 92.0 Å². The monoisotopic (exact) mass is 377 g/mol. The molecular formula is C19H28ClN5O. The van der Waals surface area contributed by atoms with E-state index < -0.39 is 0 Å². The molecule has 3 rings (SSSR count). The third-order valence-electron chi connectivity index (χ3n) is 4.29. The van der Waals surface area contributed by atoms with Crippen molar-refractivity contribution in [2.24, 2.45) is 5.73 Å². The third kappa shape index (κ3) is 5.68. The highest BCUT2D eigenvalue weighted by Crippen LogP contribution is 2.27. The quantitative estimate of drug-likeness (QED) is 0.621. The molecule has 2 aromatic rings. The Kier molecular flexibility index (Phi) is 9.02. The number of nitrogens with zero attached hydrogens (tertiary/aromatic N) is 3. The number of likely N-dealkylation sites (N-methyl/N-ethyl adjacent to an activating group) is 1. The first kappa shape index (κ1) is 21.9. The molecule has 7 heteroatoms. The highest BCUT2D eigenvalue weighted by atomic mass is 35.5. The lowest BCUT2D eigenvalue weighted by atomic mass is 10.0. The Hall–Kier alpha value is -2.18. The third-order valence-corrected chi connectivity index (χ3v) is 4.29. The van der Waals surface area contributed by atoms with Crippen molar-refractivity contribution in [2.75, 3.05) is 20.1 Å². The summed E-state index contributed by atoms with van der Waals surface area (Å²) in [5, 5.41) is 10.0. The minimum absolute atomic E-state index is 0. The number of allylic oxidation sites excluding steroid dienone is 2. The molecule has 1 aliphatic heterocycles. The first-order chi connectivity index (χ1) is 12.1. The van der Waals surface area contributed by atoms with E-state index in [1.54, 1.807) is 0 Å². The number of aromatic nitrogens is 2. The maximum absolute atomic E-state index is 5.86. The van der Waals surface area contributed by atoms with Crippen molar-refractivity contribution >= 4 is 24.3 Å². The summed E-state index contributed by atoms with van der Waals surface area (Å²) in [7, 11) is 2.13. The van der Waals surface area contributed by atoms with Crippen LogP contribution in [0.15, 0.2) is 34.9 Å². The van der Waals surface area contributed by atoms with Crippen molar-refractivity contribution < 1.29 is 4.52 Å². The van der Waals surface area contributed by atoms with Gasteiger partial charge in [0.25, 0.3) is 0 Å². The van der Waals surface area contributed by atoms with Crippen molar-refractivity contribution in [3.63, 3.8) is 0 Å². The minimum atomic E-state index is 0. The van der Waals surface area contributed by atoms with Crippen LogP contribution in [0.4, 0.5) is 0 Å². The Balaban J connectivity index is 0.000000791. The number of hydrogen-bond acceptors (Lipinski definition) is 5. The highest BCUT2D eigenvalue weighted by molar-refractivity contribution is 5.85. The van der Waals surface area contributed by atoms with Gasteiger partial charge in [0.05, 0.1) is 12.3 Å². The van der Waals surface area contributed by atoms with E-state index in [9.17, 15) is 0 Å². The molecule has 1 fully saturated rings. The molecule has 0 bridgehead atoms. The number of halogens is 1. The van der Waals surface area contributed by atoms with Crippen LogP contribution in [0.3, 0.4) is 0 Å². The lowest BCUT2D eigenvalue weighted by Gasteiger charge is -2.05. The normalized spacial score (nSPS) is 17.2. The zero-order valence-electron chi connectivity index (χ0n) is 15.6. The van der Waals surface area contributed by atoms with E-state index >= 15 is 0 Å². The summed E-state index contributed by atoms with van der Waals surface area (Å²) in [6.07, 6.45) is 5.13. The van der Waals surface area contributed by atoms with E-state index in [2.05, 4.69) is 72.0 Å². The van der Waals surface area contributed by atoms with E-state index in [1.165, 1.54) is 11.1 Å². The molecular weight excluding hydrogens is 350 g/mol. The van der Waals surface area contributed by atoms with Crippen molar-refractivity contribution in [1.82, 2.24) is 15.0 Å². The maximum Gasteiger partial charge on any atom is 0.231 e. The number of nitrogens with two attached hydrogens (primary N) is 1. The smallest absolute Gasteiger partial charge is 0.231 e. The predicted molar refractivity (Wildman–Crippen MR) is 109 cm³/mol. The molecule has 1 saturated heterocycles. The number of hydrogen-bond donors (Lipinski definition) is 2. The van der Waals surface area contributed by atoms with Crippen LogP contribution in [0.25, 0.3) is 17.0 Å². The average molecular weight is 378 g/mol. The summed E-state index contributed by atoms with van der Waals surface area (Å²) in [4.78, 5) is 6.89. The minimum Gasteiger partial charge on any atom is -0.390 e. The standard InChI is InChI=1S/C18H23N3O.CH4N2.ClH/c1-4-5-13(2)14-6-8-15(9-7-14)17-19-18(22-20-17)16-10-11-21(3)12-16;2-1-3;/h5-9,16H,4,10-12H2,1-3H3;1H,(H3,2,3);1H/b13-5+;;. The second-order valence-corrected chi connectivity index (χ2v) is 6.24. The molecule has 0 spiro atoms. The van der Waals surface area contributed by atoms with E-state index in [-0.39, 0.29) is 12.4 Å². The van der Waals surface area contributed by atoms with Gasteiger partial charge in [-0.15, -0.1) is 12.4 Å². The van der Waals surface area contributed by atoms with Gasteiger partial charge in [0, 0.05) is 12.1 Å². The van der Waals surface area contributed by atoms with Crippen molar-refractivity contribution in [1.29, 1.82) is 5.41 Å². The van der Waals surface area contributed by atoms with E-state index in [1.807, 2.05) is 0 Å². The molecule has 6 nitrogen and oxygen atoms in total. The maximum atomic E-state index is 5.86. The van der Waals surface area contributed by atoms with Crippen LogP contribution in [0.2, 0.25) is 0 Å². The van der Waals surface area contributed by atoms with Crippen molar-refractivity contribution in [3.05, 3.63) is 41.8 Å².